The maximum absolute atomic E-state index is 14.7. The van der Waals surface area contributed by atoms with Crippen LogP contribution in [-0.2, 0) is 21.4 Å². The maximum atomic E-state index is 14.7. The average molecular weight is 475 g/mol. The molecule has 1 N–H and O–H groups in total. The minimum Gasteiger partial charge on any atom is -0.497 e. The van der Waals surface area contributed by atoms with Gasteiger partial charge in [0, 0.05) is 17.8 Å². The van der Waals surface area contributed by atoms with E-state index in [9.17, 15) is 18.4 Å². The molecule has 0 aromatic heterocycles. The monoisotopic (exact) mass is 474 g/mol. The minimum atomic E-state index is -1.04. The van der Waals surface area contributed by atoms with Gasteiger partial charge in [-0.15, -0.1) is 0 Å². The molecule has 1 aliphatic rings. The number of benzene rings is 2. The summed E-state index contributed by atoms with van der Waals surface area (Å²) in [5.41, 5.74) is -0.143. The first-order chi connectivity index (χ1) is 15.7. The highest BCUT2D eigenvalue weighted by Gasteiger charge is 2.38. The second kappa shape index (κ2) is 9.24. The van der Waals surface area contributed by atoms with Crippen LogP contribution < -0.4 is 10.1 Å². The Morgan fingerprint density at radius 2 is 1.65 bits per heavy atom. The summed E-state index contributed by atoms with van der Waals surface area (Å²) in [6.07, 6.45) is -0.145. The Labute approximate surface area is 199 Å². The molecule has 8 heteroatoms. The number of halogens is 2. The molecule has 0 unspecified atom stereocenters. The van der Waals surface area contributed by atoms with Gasteiger partial charge in [-0.2, -0.15) is 0 Å². The highest BCUT2D eigenvalue weighted by molar-refractivity contribution is 5.98. The van der Waals surface area contributed by atoms with Gasteiger partial charge in [0.1, 0.15) is 29.0 Å². The first-order valence-electron chi connectivity index (χ1n) is 11.2. The molecular weight excluding hydrogens is 442 g/mol. The van der Waals surface area contributed by atoms with E-state index in [2.05, 4.69) is 5.32 Å². The lowest BCUT2D eigenvalue weighted by molar-refractivity contribution is -0.121. The zero-order chi connectivity index (χ0) is 25.4. The van der Waals surface area contributed by atoms with Gasteiger partial charge in [-0.25, -0.2) is 13.6 Å². The molecule has 1 heterocycles. The van der Waals surface area contributed by atoms with Crippen LogP contribution in [-0.4, -0.2) is 36.2 Å². The van der Waals surface area contributed by atoms with E-state index in [1.165, 1.54) is 4.90 Å². The Balaban J connectivity index is 1.99. The van der Waals surface area contributed by atoms with Crippen LogP contribution in [0, 0.1) is 11.6 Å². The number of fused-ring (bicyclic) bond motifs is 1. The first kappa shape index (κ1) is 25.5. The van der Waals surface area contributed by atoms with E-state index >= 15 is 0 Å². The number of ether oxygens (including phenoxy) is 2. The van der Waals surface area contributed by atoms with E-state index in [0.29, 0.717) is 17.7 Å². The Morgan fingerprint density at radius 3 is 2.18 bits per heavy atom. The van der Waals surface area contributed by atoms with Gasteiger partial charge in [0.25, 0.3) is 5.91 Å². The van der Waals surface area contributed by atoms with Crippen molar-refractivity contribution in [1.29, 1.82) is 0 Å². The zero-order valence-electron chi connectivity index (χ0n) is 20.7. The third-order valence-electron chi connectivity index (χ3n) is 5.51. The summed E-state index contributed by atoms with van der Waals surface area (Å²) >= 11 is 0. The topological polar surface area (TPSA) is 67.9 Å². The highest BCUT2D eigenvalue weighted by Crippen LogP contribution is 2.35. The van der Waals surface area contributed by atoms with Crippen molar-refractivity contribution in [3.63, 3.8) is 0 Å². The molecule has 0 spiro atoms. The van der Waals surface area contributed by atoms with Gasteiger partial charge in [-0.3, -0.25) is 9.69 Å². The molecule has 2 aromatic carbocycles. The van der Waals surface area contributed by atoms with Gasteiger partial charge in [-0.05, 0) is 68.0 Å². The van der Waals surface area contributed by atoms with Gasteiger partial charge < -0.3 is 14.8 Å². The van der Waals surface area contributed by atoms with E-state index in [4.69, 9.17) is 9.47 Å². The molecule has 0 fully saturated rings. The molecule has 0 aliphatic carbocycles. The molecule has 2 aromatic rings. The van der Waals surface area contributed by atoms with Crippen LogP contribution in [0.5, 0.6) is 5.75 Å². The molecule has 184 valence electrons. The molecular formula is C26H32F2N2O4. The van der Waals surface area contributed by atoms with Crippen molar-refractivity contribution in [2.45, 2.75) is 65.0 Å². The number of hydrogen-bond acceptors (Lipinski definition) is 4. The lowest BCUT2D eigenvalue weighted by atomic mass is 9.86. The number of carbonyl (C=O) groups is 2. The third kappa shape index (κ3) is 5.48. The normalized spacial score (nSPS) is 16.0. The van der Waals surface area contributed by atoms with E-state index in [1.54, 1.807) is 60.8 Å². The van der Waals surface area contributed by atoms with Crippen LogP contribution in [0.1, 0.15) is 64.3 Å². The van der Waals surface area contributed by atoms with E-state index in [1.807, 2.05) is 6.07 Å². The molecule has 0 radical (unpaired) electrons. The number of rotatable bonds is 3. The maximum Gasteiger partial charge on any atom is 0.411 e. The van der Waals surface area contributed by atoms with Crippen LogP contribution in [0.3, 0.4) is 0 Å². The standard InChI is InChI=1S/C26H32F2N2O4/c1-25(2,3)21-19(27)13-16(14-20(21)28)29-23(31)22-18-9-8-17(33-7)12-15(18)10-11-30(22)24(32)34-26(4,5)6/h8-9,12-14,22H,10-11H2,1-7H3,(H,29,31)/t22-/m1/s1. The summed E-state index contributed by atoms with van der Waals surface area (Å²) < 4.78 is 40.3. The minimum absolute atomic E-state index is 0.0298. The molecule has 0 saturated carbocycles. The molecule has 3 rings (SSSR count). The number of nitrogens with one attached hydrogen (secondary N) is 1. The van der Waals surface area contributed by atoms with Crippen LogP contribution in [0.25, 0.3) is 0 Å². The lowest BCUT2D eigenvalue weighted by Crippen LogP contribution is -2.47. The number of amides is 2. The zero-order valence-corrected chi connectivity index (χ0v) is 20.7. The quantitative estimate of drug-likeness (QED) is 0.616. The highest BCUT2D eigenvalue weighted by atomic mass is 19.1. The van der Waals surface area contributed by atoms with Gasteiger partial charge in [0.15, 0.2) is 0 Å². The summed E-state index contributed by atoms with van der Waals surface area (Å²) in [6, 6.07) is 6.39. The van der Waals surface area contributed by atoms with Gasteiger partial charge in [0.2, 0.25) is 0 Å². The fraction of sp³-hybridized carbons (Fsp3) is 0.462. The predicted octanol–water partition coefficient (Wildman–Crippen LogP) is 5.74. The van der Waals surface area contributed by atoms with Crippen molar-refractivity contribution in [3.8, 4) is 5.75 Å². The average Bonchev–Trinajstić information content (AvgIpc) is 2.69. The Kier molecular flexibility index (Phi) is 6.92. The van der Waals surface area contributed by atoms with Crippen LogP contribution in [0.2, 0.25) is 0 Å². The van der Waals surface area contributed by atoms with Crippen molar-refractivity contribution < 1.29 is 27.8 Å². The molecule has 1 atom stereocenters. The molecule has 0 saturated heterocycles. The number of carbonyl (C=O) groups excluding carboxylic acids is 2. The summed E-state index contributed by atoms with van der Waals surface area (Å²) in [6.45, 7) is 10.6. The smallest absolute Gasteiger partial charge is 0.411 e. The molecule has 6 nitrogen and oxygen atoms in total. The first-order valence-corrected chi connectivity index (χ1v) is 11.2. The van der Waals surface area contributed by atoms with Crippen molar-refractivity contribution >= 4 is 17.7 Å². The lowest BCUT2D eigenvalue weighted by Gasteiger charge is -2.37. The van der Waals surface area contributed by atoms with Gasteiger partial charge >= 0.3 is 6.09 Å². The third-order valence-corrected chi connectivity index (χ3v) is 5.51. The number of methoxy groups -OCH3 is 1. The fourth-order valence-electron chi connectivity index (χ4n) is 4.10. The number of anilines is 1. The van der Waals surface area contributed by atoms with Crippen LogP contribution in [0.4, 0.5) is 19.3 Å². The SMILES string of the molecule is COc1ccc2c(c1)CCN(C(=O)OC(C)(C)C)[C@H]2C(=O)Nc1cc(F)c(C(C)(C)C)c(F)c1. The molecule has 0 bridgehead atoms. The summed E-state index contributed by atoms with van der Waals surface area (Å²) in [4.78, 5) is 27.7. The van der Waals surface area contributed by atoms with Crippen LogP contribution in [0.15, 0.2) is 30.3 Å². The van der Waals surface area contributed by atoms with E-state index in [0.717, 1.165) is 17.7 Å². The van der Waals surface area contributed by atoms with Gasteiger partial charge in [0.05, 0.1) is 7.11 Å². The predicted molar refractivity (Wildman–Crippen MR) is 126 cm³/mol. The van der Waals surface area contributed by atoms with Gasteiger partial charge in [-0.1, -0.05) is 26.8 Å². The second-order valence-electron chi connectivity index (χ2n) is 10.4. The fourth-order valence-corrected chi connectivity index (χ4v) is 4.10. The molecule has 2 amide bonds. The molecule has 34 heavy (non-hydrogen) atoms. The Bertz CT molecular complexity index is 1080. The summed E-state index contributed by atoms with van der Waals surface area (Å²) in [7, 11) is 1.55. The number of nitrogens with zero attached hydrogens (tertiary/aromatic N) is 1. The van der Waals surface area contributed by atoms with E-state index in [-0.39, 0.29) is 17.8 Å². The van der Waals surface area contributed by atoms with Crippen LogP contribution >= 0.6 is 0 Å². The Morgan fingerprint density at radius 1 is 1.03 bits per heavy atom. The molecule has 1 aliphatic heterocycles. The van der Waals surface area contributed by atoms with E-state index < -0.39 is 40.7 Å². The summed E-state index contributed by atoms with van der Waals surface area (Å²) in [5.74, 6) is -1.47. The largest absolute Gasteiger partial charge is 0.497 e. The second-order valence-corrected chi connectivity index (χ2v) is 10.4. The van der Waals surface area contributed by atoms with Crippen molar-refractivity contribution in [2.75, 3.05) is 19.0 Å². The van der Waals surface area contributed by atoms with Crippen molar-refractivity contribution in [2.24, 2.45) is 0 Å². The summed E-state index contributed by atoms with van der Waals surface area (Å²) in [5, 5.41) is 2.59. The van der Waals surface area contributed by atoms with Crippen molar-refractivity contribution in [3.05, 3.63) is 58.7 Å². The van der Waals surface area contributed by atoms with Crippen molar-refractivity contribution in [1.82, 2.24) is 4.90 Å². The Hall–Kier alpha value is -3.16. The number of hydrogen-bond donors (Lipinski definition) is 1.